The van der Waals surface area contributed by atoms with Gasteiger partial charge in [0.05, 0.1) is 10.3 Å². The number of hydrogen-bond acceptors (Lipinski definition) is 5. The Balaban J connectivity index is 2.07. The Morgan fingerprint density at radius 3 is 2.48 bits per heavy atom. The Morgan fingerprint density at radius 2 is 1.86 bits per heavy atom. The maximum atomic E-state index is 4.58. The minimum Gasteiger partial charge on any atom is -0.370 e. The predicted octanol–water partition coefficient (Wildman–Crippen LogP) is 4.69. The highest BCUT2D eigenvalue weighted by atomic mass is 79.9. The molecule has 0 aliphatic carbocycles. The highest BCUT2D eigenvalue weighted by Gasteiger charge is 2.05. The molecule has 4 nitrogen and oxygen atoms in total. The molecule has 2 aromatic heterocycles. The SMILES string of the molecule is CCCNc1cc(NCc2ccc(Br)s2)nc(CCC)n1. The van der Waals surface area contributed by atoms with E-state index in [1.54, 1.807) is 11.3 Å². The van der Waals surface area contributed by atoms with Crippen LogP contribution in [0.4, 0.5) is 11.6 Å². The Hall–Kier alpha value is -1.14. The molecule has 114 valence electrons. The van der Waals surface area contributed by atoms with Crippen molar-refractivity contribution in [3.63, 3.8) is 0 Å². The Labute approximate surface area is 138 Å². The third-order valence-electron chi connectivity index (χ3n) is 2.87. The lowest BCUT2D eigenvalue weighted by molar-refractivity contribution is 0.831. The quantitative estimate of drug-likeness (QED) is 0.709. The Morgan fingerprint density at radius 1 is 1.10 bits per heavy atom. The largest absolute Gasteiger partial charge is 0.370 e. The van der Waals surface area contributed by atoms with E-state index < -0.39 is 0 Å². The van der Waals surface area contributed by atoms with E-state index in [0.717, 1.165) is 53.6 Å². The molecule has 2 N–H and O–H groups in total. The molecule has 0 bridgehead atoms. The van der Waals surface area contributed by atoms with E-state index in [9.17, 15) is 0 Å². The van der Waals surface area contributed by atoms with Crippen molar-refractivity contribution in [3.8, 4) is 0 Å². The molecule has 0 amide bonds. The molecule has 0 aromatic carbocycles. The van der Waals surface area contributed by atoms with Gasteiger partial charge >= 0.3 is 0 Å². The molecule has 0 saturated heterocycles. The van der Waals surface area contributed by atoms with Gasteiger partial charge in [-0.1, -0.05) is 13.8 Å². The summed E-state index contributed by atoms with van der Waals surface area (Å²) in [6, 6.07) is 6.17. The fraction of sp³-hybridized carbons (Fsp3) is 0.467. The lowest BCUT2D eigenvalue weighted by Crippen LogP contribution is -2.08. The van der Waals surface area contributed by atoms with E-state index >= 15 is 0 Å². The van der Waals surface area contributed by atoms with Crippen molar-refractivity contribution in [2.75, 3.05) is 17.2 Å². The summed E-state index contributed by atoms with van der Waals surface area (Å²) in [6.45, 7) is 6.01. The zero-order valence-corrected chi connectivity index (χ0v) is 14.9. The highest BCUT2D eigenvalue weighted by Crippen LogP contribution is 2.23. The van der Waals surface area contributed by atoms with Gasteiger partial charge in [-0.15, -0.1) is 11.3 Å². The van der Waals surface area contributed by atoms with Crippen molar-refractivity contribution >= 4 is 38.9 Å². The Kier molecular flexibility index (Phi) is 6.45. The molecule has 0 unspecified atom stereocenters. The first-order valence-electron chi connectivity index (χ1n) is 7.31. The van der Waals surface area contributed by atoms with Crippen molar-refractivity contribution in [2.45, 2.75) is 39.7 Å². The molecule has 0 spiro atoms. The molecular formula is C15H21BrN4S. The van der Waals surface area contributed by atoms with Gasteiger partial charge in [-0.3, -0.25) is 0 Å². The third kappa shape index (κ3) is 5.28. The van der Waals surface area contributed by atoms with Gasteiger partial charge in [0, 0.05) is 23.9 Å². The summed E-state index contributed by atoms with van der Waals surface area (Å²) < 4.78 is 1.15. The van der Waals surface area contributed by atoms with E-state index in [1.165, 1.54) is 4.88 Å². The maximum Gasteiger partial charge on any atom is 0.133 e. The smallest absolute Gasteiger partial charge is 0.133 e. The highest BCUT2D eigenvalue weighted by molar-refractivity contribution is 9.11. The van der Waals surface area contributed by atoms with Crippen LogP contribution in [0.3, 0.4) is 0 Å². The zero-order valence-electron chi connectivity index (χ0n) is 12.4. The molecule has 21 heavy (non-hydrogen) atoms. The number of anilines is 2. The fourth-order valence-corrected chi connectivity index (χ4v) is 3.31. The topological polar surface area (TPSA) is 49.8 Å². The van der Waals surface area contributed by atoms with Gasteiger partial charge in [0.15, 0.2) is 0 Å². The number of aromatic nitrogens is 2. The lowest BCUT2D eigenvalue weighted by Gasteiger charge is -2.10. The van der Waals surface area contributed by atoms with Crippen LogP contribution in [0.1, 0.15) is 37.4 Å². The molecule has 2 heterocycles. The van der Waals surface area contributed by atoms with Crippen LogP contribution in [-0.4, -0.2) is 16.5 Å². The number of rotatable bonds is 8. The standard InChI is InChI=1S/C15H21BrN4S/c1-3-5-13-19-14(17-8-4-2)9-15(20-13)18-10-11-6-7-12(16)21-11/h6-7,9H,3-5,8,10H2,1-2H3,(H2,17,18,19,20). The molecular weight excluding hydrogens is 348 g/mol. The molecule has 2 aromatic rings. The summed E-state index contributed by atoms with van der Waals surface area (Å²) in [6.07, 6.45) is 3.04. The van der Waals surface area contributed by atoms with E-state index in [0.29, 0.717) is 0 Å². The van der Waals surface area contributed by atoms with Crippen molar-refractivity contribution in [1.29, 1.82) is 0 Å². The second kappa shape index (κ2) is 8.34. The van der Waals surface area contributed by atoms with Gasteiger partial charge in [0.2, 0.25) is 0 Å². The average molecular weight is 369 g/mol. The monoisotopic (exact) mass is 368 g/mol. The number of aryl methyl sites for hydroxylation is 1. The second-order valence-corrected chi connectivity index (χ2v) is 7.34. The van der Waals surface area contributed by atoms with Gasteiger partial charge in [0.1, 0.15) is 17.5 Å². The number of thiophene rings is 1. The van der Waals surface area contributed by atoms with Crippen LogP contribution in [-0.2, 0) is 13.0 Å². The first-order valence-corrected chi connectivity index (χ1v) is 8.92. The number of halogens is 1. The molecule has 0 aliphatic heterocycles. The summed E-state index contributed by atoms with van der Waals surface area (Å²) in [5.41, 5.74) is 0. The van der Waals surface area contributed by atoms with Crippen LogP contribution in [0.5, 0.6) is 0 Å². The summed E-state index contributed by atoms with van der Waals surface area (Å²) in [5, 5.41) is 6.73. The second-order valence-electron chi connectivity index (χ2n) is 4.79. The molecule has 0 aliphatic rings. The third-order valence-corrected chi connectivity index (χ3v) is 4.50. The Bertz CT molecular complexity index is 571. The predicted molar refractivity (Wildman–Crippen MR) is 94.2 cm³/mol. The summed E-state index contributed by atoms with van der Waals surface area (Å²) in [4.78, 5) is 10.4. The zero-order chi connectivity index (χ0) is 15.1. The molecule has 6 heteroatoms. The molecule has 0 atom stereocenters. The van der Waals surface area contributed by atoms with Crippen LogP contribution < -0.4 is 10.6 Å². The first kappa shape index (κ1) is 16.2. The van der Waals surface area contributed by atoms with Gasteiger partial charge in [-0.05, 0) is 40.9 Å². The van der Waals surface area contributed by atoms with Crippen LogP contribution in [0.15, 0.2) is 22.0 Å². The summed E-state index contributed by atoms with van der Waals surface area (Å²) in [5.74, 6) is 2.69. The lowest BCUT2D eigenvalue weighted by atomic mass is 10.3. The van der Waals surface area contributed by atoms with E-state index in [1.807, 2.05) is 6.07 Å². The normalized spacial score (nSPS) is 10.6. The van der Waals surface area contributed by atoms with Crippen LogP contribution in [0, 0.1) is 0 Å². The van der Waals surface area contributed by atoms with Crippen LogP contribution in [0.25, 0.3) is 0 Å². The van der Waals surface area contributed by atoms with Gasteiger partial charge in [-0.2, -0.15) is 0 Å². The van der Waals surface area contributed by atoms with E-state index in [-0.39, 0.29) is 0 Å². The fourth-order valence-electron chi connectivity index (χ4n) is 1.89. The minimum absolute atomic E-state index is 0.784. The van der Waals surface area contributed by atoms with E-state index in [4.69, 9.17) is 0 Å². The van der Waals surface area contributed by atoms with E-state index in [2.05, 4.69) is 62.5 Å². The van der Waals surface area contributed by atoms with Gasteiger partial charge in [-0.25, -0.2) is 9.97 Å². The van der Waals surface area contributed by atoms with Gasteiger partial charge < -0.3 is 10.6 Å². The summed E-state index contributed by atoms with van der Waals surface area (Å²) in [7, 11) is 0. The molecule has 0 saturated carbocycles. The van der Waals surface area contributed by atoms with Crippen molar-refractivity contribution < 1.29 is 0 Å². The number of hydrogen-bond donors (Lipinski definition) is 2. The number of nitrogens with zero attached hydrogens (tertiary/aromatic N) is 2. The van der Waals surface area contributed by atoms with Crippen molar-refractivity contribution in [3.05, 3.63) is 32.7 Å². The average Bonchev–Trinajstić information content (AvgIpc) is 2.89. The van der Waals surface area contributed by atoms with Crippen molar-refractivity contribution in [2.24, 2.45) is 0 Å². The minimum atomic E-state index is 0.784. The van der Waals surface area contributed by atoms with Crippen LogP contribution in [0.2, 0.25) is 0 Å². The number of nitrogens with one attached hydrogen (secondary N) is 2. The maximum absolute atomic E-state index is 4.58. The molecule has 2 rings (SSSR count). The molecule has 0 fully saturated rings. The molecule has 0 radical (unpaired) electrons. The summed E-state index contributed by atoms with van der Waals surface area (Å²) >= 11 is 5.22. The first-order chi connectivity index (χ1) is 10.2. The van der Waals surface area contributed by atoms with Crippen molar-refractivity contribution in [1.82, 2.24) is 9.97 Å². The van der Waals surface area contributed by atoms with Gasteiger partial charge in [0.25, 0.3) is 0 Å². The van der Waals surface area contributed by atoms with Crippen LogP contribution >= 0.6 is 27.3 Å².